The summed E-state index contributed by atoms with van der Waals surface area (Å²) in [5.41, 5.74) is 0.911. The van der Waals surface area contributed by atoms with Crippen molar-refractivity contribution >= 4 is 0 Å². The molecular weight excluding hydrogens is 208 g/mol. The molecule has 16 heavy (non-hydrogen) atoms. The molecule has 1 aromatic carbocycles. The standard InChI is InChI=1S/C12H18O4/c1-4-16-12-7-9(5-6-13)10(14-2)8-11(12)15-3/h7-8,13H,4-6H2,1-3H3. The summed E-state index contributed by atoms with van der Waals surface area (Å²) in [6.07, 6.45) is 0.535. The molecule has 0 bridgehead atoms. The maximum atomic E-state index is 8.96. The Morgan fingerprint density at radius 1 is 1.06 bits per heavy atom. The topological polar surface area (TPSA) is 47.9 Å². The smallest absolute Gasteiger partial charge is 0.164 e. The Bertz CT molecular complexity index is 307. The minimum atomic E-state index is 0.0776. The van der Waals surface area contributed by atoms with Crippen molar-refractivity contribution in [1.29, 1.82) is 0 Å². The van der Waals surface area contributed by atoms with E-state index in [-0.39, 0.29) is 6.61 Å². The van der Waals surface area contributed by atoms with Crippen LogP contribution in [0.5, 0.6) is 17.2 Å². The van der Waals surface area contributed by atoms with Gasteiger partial charge in [-0.1, -0.05) is 0 Å². The molecule has 4 nitrogen and oxygen atoms in total. The molecule has 0 aliphatic carbocycles. The van der Waals surface area contributed by atoms with Gasteiger partial charge in [0.05, 0.1) is 20.8 Å². The van der Waals surface area contributed by atoms with Gasteiger partial charge in [-0.05, 0) is 19.4 Å². The van der Waals surface area contributed by atoms with Crippen molar-refractivity contribution in [3.05, 3.63) is 17.7 Å². The molecule has 0 aliphatic rings. The van der Waals surface area contributed by atoms with Crippen LogP contribution in [0, 0.1) is 0 Å². The number of methoxy groups -OCH3 is 2. The van der Waals surface area contributed by atoms with E-state index in [4.69, 9.17) is 19.3 Å². The molecule has 0 saturated heterocycles. The summed E-state index contributed by atoms with van der Waals surface area (Å²) >= 11 is 0. The van der Waals surface area contributed by atoms with E-state index in [0.717, 1.165) is 5.56 Å². The lowest BCUT2D eigenvalue weighted by molar-refractivity contribution is 0.292. The highest BCUT2D eigenvalue weighted by molar-refractivity contribution is 5.50. The zero-order chi connectivity index (χ0) is 12.0. The second kappa shape index (κ2) is 6.23. The number of hydrogen-bond acceptors (Lipinski definition) is 4. The third-order valence-electron chi connectivity index (χ3n) is 2.25. The highest BCUT2D eigenvalue weighted by Crippen LogP contribution is 2.34. The fourth-order valence-corrected chi connectivity index (χ4v) is 1.52. The predicted octanol–water partition coefficient (Wildman–Crippen LogP) is 1.64. The summed E-state index contributed by atoms with van der Waals surface area (Å²) in [5, 5.41) is 8.96. The third kappa shape index (κ3) is 2.79. The van der Waals surface area contributed by atoms with Crippen LogP contribution >= 0.6 is 0 Å². The molecular formula is C12H18O4. The largest absolute Gasteiger partial charge is 0.496 e. The molecule has 0 aliphatic heterocycles. The lowest BCUT2D eigenvalue weighted by Crippen LogP contribution is -2.01. The number of aliphatic hydroxyl groups excluding tert-OH is 1. The van der Waals surface area contributed by atoms with Crippen molar-refractivity contribution in [2.45, 2.75) is 13.3 Å². The normalized spacial score (nSPS) is 10.0. The van der Waals surface area contributed by atoms with E-state index in [9.17, 15) is 0 Å². The summed E-state index contributed by atoms with van der Waals surface area (Å²) in [4.78, 5) is 0. The van der Waals surface area contributed by atoms with Crippen molar-refractivity contribution in [2.75, 3.05) is 27.4 Å². The molecule has 1 aromatic rings. The zero-order valence-corrected chi connectivity index (χ0v) is 9.95. The van der Waals surface area contributed by atoms with Crippen molar-refractivity contribution in [2.24, 2.45) is 0 Å². The van der Waals surface area contributed by atoms with E-state index >= 15 is 0 Å². The summed E-state index contributed by atoms with van der Waals surface area (Å²) in [6, 6.07) is 3.62. The van der Waals surface area contributed by atoms with Crippen molar-refractivity contribution in [3.8, 4) is 17.2 Å². The maximum Gasteiger partial charge on any atom is 0.164 e. The Morgan fingerprint density at radius 3 is 2.25 bits per heavy atom. The maximum absolute atomic E-state index is 8.96. The number of aliphatic hydroxyl groups is 1. The first-order valence-corrected chi connectivity index (χ1v) is 5.25. The third-order valence-corrected chi connectivity index (χ3v) is 2.25. The summed E-state index contributed by atoms with van der Waals surface area (Å²) < 4.78 is 15.9. The van der Waals surface area contributed by atoms with Crippen LogP contribution in [0.1, 0.15) is 12.5 Å². The Morgan fingerprint density at radius 2 is 1.75 bits per heavy atom. The molecule has 0 aromatic heterocycles. The van der Waals surface area contributed by atoms with Crippen LogP contribution in [0.25, 0.3) is 0 Å². The van der Waals surface area contributed by atoms with Gasteiger partial charge < -0.3 is 19.3 Å². The second-order valence-electron chi connectivity index (χ2n) is 3.22. The van der Waals surface area contributed by atoms with Gasteiger partial charge >= 0.3 is 0 Å². The van der Waals surface area contributed by atoms with E-state index in [2.05, 4.69) is 0 Å². The lowest BCUT2D eigenvalue weighted by atomic mass is 10.1. The van der Waals surface area contributed by atoms with Crippen LogP contribution < -0.4 is 14.2 Å². The fraction of sp³-hybridized carbons (Fsp3) is 0.500. The van der Waals surface area contributed by atoms with E-state index in [1.54, 1.807) is 20.3 Å². The van der Waals surface area contributed by atoms with Crippen LogP contribution in [-0.4, -0.2) is 32.5 Å². The predicted molar refractivity (Wildman–Crippen MR) is 61.5 cm³/mol. The molecule has 0 heterocycles. The molecule has 90 valence electrons. The monoisotopic (exact) mass is 226 g/mol. The SMILES string of the molecule is CCOc1cc(CCO)c(OC)cc1OC. The molecule has 1 rings (SSSR count). The molecule has 0 fully saturated rings. The average Bonchev–Trinajstić information content (AvgIpc) is 2.30. The summed E-state index contributed by atoms with van der Waals surface area (Å²) in [7, 11) is 3.18. The molecule has 0 atom stereocenters. The van der Waals surface area contributed by atoms with E-state index in [0.29, 0.717) is 30.3 Å². The number of ether oxygens (including phenoxy) is 3. The van der Waals surface area contributed by atoms with Crippen LogP contribution in [0.4, 0.5) is 0 Å². The molecule has 0 amide bonds. The highest BCUT2D eigenvalue weighted by atomic mass is 16.5. The van der Waals surface area contributed by atoms with Crippen LogP contribution in [0.2, 0.25) is 0 Å². The first-order chi connectivity index (χ1) is 7.76. The number of rotatable bonds is 6. The van der Waals surface area contributed by atoms with E-state index < -0.39 is 0 Å². The quantitative estimate of drug-likeness (QED) is 0.801. The summed E-state index contributed by atoms with van der Waals surface area (Å²) in [5.74, 6) is 2.02. The molecule has 4 heteroatoms. The van der Waals surface area contributed by atoms with Gasteiger partial charge in [-0.2, -0.15) is 0 Å². The van der Waals surface area contributed by atoms with Gasteiger partial charge in [0.1, 0.15) is 5.75 Å². The fourth-order valence-electron chi connectivity index (χ4n) is 1.52. The first kappa shape index (κ1) is 12.6. The Balaban J connectivity index is 3.12. The van der Waals surface area contributed by atoms with Crippen LogP contribution in [-0.2, 0) is 6.42 Å². The van der Waals surface area contributed by atoms with Gasteiger partial charge in [0.15, 0.2) is 11.5 Å². The van der Waals surface area contributed by atoms with Crippen LogP contribution in [0.15, 0.2) is 12.1 Å². The van der Waals surface area contributed by atoms with Gasteiger partial charge in [-0.25, -0.2) is 0 Å². The molecule has 0 radical (unpaired) electrons. The second-order valence-corrected chi connectivity index (χ2v) is 3.22. The summed E-state index contributed by atoms with van der Waals surface area (Å²) in [6.45, 7) is 2.56. The Hall–Kier alpha value is -1.42. The Kier molecular flexibility index (Phi) is 4.92. The minimum Gasteiger partial charge on any atom is -0.496 e. The lowest BCUT2D eigenvalue weighted by Gasteiger charge is -2.14. The Labute approximate surface area is 95.8 Å². The molecule has 0 saturated carbocycles. The van der Waals surface area contributed by atoms with Gasteiger partial charge in [0, 0.05) is 18.2 Å². The molecule has 0 unspecified atom stereocenters. The van der Waals surface area contributed by atoms with Gasteiger partial charge in [0.25, 0.3) is 0 Å². The highest BCUT2D eigenvalue weighted by Gasteiger charge is 2.11. The van der Waals surface area contributed by atoms with E-state index in [1.807, 2.05) is 13.0 Å². The van der Waals surface area contributed by atoms with E-state index in [1.165, 1.54) is 0 Å². The molecule has 1 N–H and O–H groups in total. The van der Waals surface area contributed by atoms with Crippen LogP contribution in [0.3, 0.4) is 0 Å². The van der Waals surface area contributed by atoms with Crippen molar-refractivity contribution < 1.29 is 19.3 Å². The minimum absolute atomic E-state index is 0.0776. The number of hydrogen-bond donors (Lipinski definition) is 1. The number of benzene rings is 1. The average molecular weight is 226 g/mol. The van der Waals surface area contributed by atoms with Gasteiger partial charge in [0.2, 0.25) is 0 Å². The molecule has 0 spiro atoms. The first-order valence-electron chi connectivity index (χ1n) is 5.25. The van der Waals surface area contributed by atoms with Crippen molar-refractivity contribution in [1.82, 2.24) is 0 Å². The van der Waals surface area contributed by atoms with Crippen molar-refractivity contribution in [3.63, 3.8) is 0 Å². The van der Waals surface area contributed by atoms with Gasteiger partial charge in [-0.15, -0.1) is 0 Å². The van der Waals surface area contributed by atoms with Gasteiger partial charge in [-0.3, -0.25) is 0 Å². The zero-order valence-electron chi connectivity index (χ0n) is 9.95.